The minimum Gasteiger partial charge on any atom is -0.378 e. The highest BCUT2D eigenvalue weighted by Crippen LogP contribution is 2.57. The van der Waals surface area contributed by atoms with Crippen LogP contribution in [-0.2, 0) is 4.74 Å². The van der Waals surface area contributed by atoms with Gasteiger partial charge in [-0.15, -0.1) is 0 Å². The molecule has 2 aromatic rings. The lowest BCUT2D eigenvalue weighted by molar-refractivity contribution is -0.169. The van der Waals surface area contributed by atoms with Gasteiger partial charge in [-0.05, 0) is 56.9 Å². The van der Waals surface area contributed by atoms with E-state index >= 15 is 0 Å². The van der Waals surface area contributed by atoms with Crippen molar-refractivity contribution < 1.29 is 9.53 Å². The van der Waals surface area contributed by atoms with E-state index in [0.29, 0.717) is 6.10 Å². The highest BCUT2D eigenvalue weighted by atomic mass is 16.5. The highest BCUT2D eigenvalue weighted by molar-refractivity contribution is 5.96. The van der Waals surface area contributed by atoms with Gasteiger partial charge in [0.1, 0.15) is 12.7 Å². The summed E-state index contributed by atoms with van der Waals surface area (Å²) in [5, 5.41) is 7.38. The van der Waals surface area contributed by atoms with Gasteiger partial charge in [0.05, 0.1) is 11.8 Å². The summed E-state index contributed by atoms with van der Waals surface area (Å²) in [5.41, 5.74) is 2.74. The van der Waals surface area contributed by atoms with Crippen LogP contribution in [0.2, 0.25) is 0 Å². The second-order valence-corrected chi connectivity index (χ2v) is 7.13. The Labute approximate surface area is 147 Å². The first-order chi connectivity index (χ1) is 12.1. The van der Waals surface area contributed by atoms with Crippen LogP contribution in [-0.4, -0.2) is 39.4 Å². The first kappa shape index (κ1) is 16.3. The van der Waals surface area contributed by atoms with E-state index in [1.54, 1.807) is 11.0 Å². The maximum atomic E-state index is 12.8. The van der Waals surface area contributed by atoms with Crippen molar-refractivity contribution in [2.45, 2.75) is 51.7 Å². The Morgan fingerprint density at radius 2 is 2.28 bits per heavy atom. The third kappa shape index (κ3) is 2.65. The van der Waals surface area contributed by atoms with Crippen molar-refractivity contribution in [1.29, 1.82) is 0 Å². The van der Waals surface area contributed by atoms with Crippen LogP contribution in [0.4, 0.5) is 0 Å². The van der Waals surface area contributed by atoms with Crippen LogP contribution in [0.15, 0.2) is 30.9 Å². The molecule has 2 aliphatic rings. The van der Waals surface area contributed by atoms with Gasteiger partial charge in [-0.25, -0.2) is 9.67 Å². The van der Waals surface area contributed by atoms with Gasteiger partial charge in [0.15, 0.2) is 0 Å². The summed E-state index contributed by atoms with van der Waals surface area (Å²) in [6, 6.07) is 5.97. The monoisotopic (exact) mass is 340 g/mol. The molecule has 4 rings (SSSR count). The number of aryl methyl sites for hydroxylation is 1. The topological polar surface area (TPSA) is 69.0 Å². The van der Waals surface area contributed by atoms with E-state index in [-0.39, 0.29) is 17.4 Å². The number of benzene rings is 1. The van der Waals surface area contributed by atoms with Crippen molar-refractivity contribution in [3.63, 3.8) is 0 Å². The first-order valence-electron chi connectivity index (χ1n) is 9.02. The molecule has 0 unspecified atom stereocenters. The predicted molar refractivity (Wildman–Crippen MR) is 93.7 cm³/mol. The summed E-state index contributed by atoms with van der Waals surface area (Å²) in [6.45, 7) is 4.74. The van der Waals surface area contributed by atoms with Crippen molar-refractivity contribution in [1.82, 2.24) is 20.1 Å². The lowest BCUT2D eigenvalue weighted by atomic mass is 9.51. The Hall–Kier alpha value is -2.21. The second kappa shape index (κ2) is 6.26. The molecule has 0 aliphatic heterocycles. The van der Waals surface area contributed by atoms with Crippen molar-refractivity contribution >= 4 is 5.91 Å². The van der Waals surface area contributed by atoms with Crippen molar-refractivity contribution in [2.24, 2.45) is 5.41 Å². The number of aromatic nitrogens is 3. The number of hydrogen-bond donors (Lipinski definition) is 1. The van der Waals surface area contributed by atoms with E-state index in [2.05, 4.69) is 15.4 Å². The van der Waals surface area contributed by atoms with Crippen LogP contribution in [0, 0.1) is 12.3 Å². The van der Waals surface area contributed by atoms with Crippen LogP contribution >= 0.6 is 0 Å². The average Bonchev–Trinajstić information content (AvgIpc) is 3.06. The Morgan fingerprint density at radius 3 is 2.88 bits per heavy atom. The number of nitrogens with one attached hydrogen (secondary N) is 1. The van der Waals surface area contributed by atoms with E-state index in [0.717, 1.165) is 42.7 Å². The molecule has 2 saturated carbocycles. The molecule has 0 bridgehead atoms. The molecule has 0 radical (unpaired) electrons. The number of amides is 1. The lowest BCUT2D eigenvalue weighted by Gasteiger charge is -2.61. The van der Waals surface area contributed by atoms with E-state index in [1.807, 2.05) is 32.0 Å². The summed E-state index contributed by atoms with van der Waals surface area (Å²) in [4.78, 5) is 16.7. The molecule has 2 aliphatic carbocycles. The Balaban J connectivity index is 1.47. The molecule has 1 aromatic heterocycles. The van der Waals surface area contributed by atoms with Crippen LogP contribution in [0.3, 0.4) is 0 Å². The van der Waals surface area contributed by atoms with Crippen LogP contribution in [0.25, 0.3) is 5.69 Å². The number of ether oxygens (including phenoxy) is 1. The molecule has 25 heavy (non-hydrogen) atoms. The lowest BCUT2D eigenvalue weighted by Crippen LogP contribution is -2.67. The number of carbonyl (C=O) groups is 1. The number of carbonyl (C=O) groups excluding carboxylic acids is 1. The van der Waals surface area contributed by atoms with Gasteiger partial charge in [-0.1, -0.05) is 6.42 Å². The number of hydrogen-bond acceptors (Lipinski definition) is 4. The number of rotatable bonds is 5. The predicted octanol–water partition coefficient (Wildman–Crippen LogP) is 2.65. The Bertz CT molecular complexity index is 768. The quantitative estimate of drug-likeness (QED) is 0.908. The zero-order valence-electron chi connectivity index (χ0n) is 14.7. The van der Waals surface area contributed by atoms with Crippen LogP contribution in [0.1, 0.15) is 48.5 Å². The highest BCUT2D eigenvalue weighted by Gasteiger charge is 2.59. The third-order valence-electron chi connectivity index (χ3n) is 5.88. The molecular formula is C19H24N4O2. The fraction of sp³-hybridized carbons (Fsp3) is 0.526. The molecule has 1 spiro atoms. The zero-order valence-corrected chi connectivity index (χ0v) is 14.7. The minimum atomic E-state index is 0.00821. The summed E-state index contributed by atoms with van der Waals surface area (Å²) in [7, 11) is 0. The van der Waals surface area contributed by atoms with E-state index in [9.17, 15) is 4.79 Å². The van der Waals surface area contributed by atoms with Crippen LogP contribution < -0.4 is 5.32 Å². The number of nitrogens with zero attached hydrogens (tertiary/aromatic N) is 3. The second-order valence-electron chi connectivity index (χ2n) is 7.13. The molecule has 2 fully saturated rings. The normalized spacial score (nSPS) is 23.8. The van der Waals surface area contributed by atoms with Gasteiger partial charge in [-0.2, -0.15) is 5.10 Å². The average molecular weight is 340 g/mol. The van der Waals surface area contributed by atoms with Gasteiger partial charge >= 0.3 is 0 Å². The smallest absolute Gasteiger partial charge is 0.251 e. The third-order valence-corrected chi connectivity index (χ3v) is 5.88. The molecule has 2 atom stereocenters. The maximum absolute atomic E-state index is 12.8. The molecule has 6 nitrogen and oxygen atoms in total. The fourth-order valence-corrected chi connectivity index (χ4v) is 4.26. The molecule has 1 heterocycles. The summed E-state index contributed by atoms with van der Waals surface area (Å²) in [6.07, 6.45) is 7.94. The van der Waals surface area contributed by atoms with Gasteiger partial charge in [0.2, 0.25) is 0 Å². The van der Waals surface area contributed by atoms with Gasteiger partial charge in [-0.3, -0.25) is 4.79 Å². The molecule has 6 heteroatoms. The molecule has 0 saturated heterocycles. The Morgan fingerprint density at radius 1 is 1.44 bits per heavy atom. The standard InChI is InChI=1S/C19H24N4O2/c1-3-25-17-10-16(19(17)7-4-8-19)22-18(24)15-6-5-14(9-13(15)2)23-12-20-11-21-23/h5-6,9,11-12,16-17H,3-4,7-8,10H2,1-2H3,(H,22,24)/t16-,17-/m0/s1. The molecule has 132 valence electrons. The molecule has 1 amide bonds. The largest absolute Gasteiger partial charge is 0.378 e. The van der Waals surface area contributed by atoms with E-state index < -0.39 is 0 Å². The molecule has 1 N–H and O–H groups in total. The van der Waals surface area contributed by atoms with Gasteiger partial charge in [0.25, 0.3) is 5.91 Å². The van der Waals surface area contributed by atoms with Crippen molar-refractivity contribution in [3.05, 3.63) is 42.0 Å². The minimum absolute atomic E-state index is 0.00821. The summed E-state index contributed by atoms with van der Waals surface area (Å²) >= 11 is 0. The SMILES string of the molecule is CCO[C@H]1C[C@H](NC(=O)c2ccc(-n3cncn3)cc2C)C12CCC2. The van der Waals surface area contributed by atoms with Crippen LogP contribution in [0.5, 0.6) is 0 Å². The first-order valence-corrected chi connectivity index (χ1v) is 9.02. The fourth-order valence-electron chi connectivity index (χ4n) is 4.26. The molecule has 1 aromatic carbocycles. The maximum Gasteiger partial charge on any atom is 0.251 e. The van der Waals surface area contributed by atoms with Crippen molar-refractivity contribution in [2.75, 3.05) is 6.61 Å². The Kier molecular flexibility index (Phi) is 4.07. The zero-order chi connectivity index (χ0) is 17.4. The van der Waals surface area contributed by atoms with Crippen molar-refractivity contribution in [3.8, 4) is 5.69 Å². The summed E-state index contributed by atoms with van der Waals surface area (Å²) < 4.78 is 7.56. The summed E-state index contributed by atoms with van der Waals surface area (Å²) in [5.74, 6) is 0.00821. The van der Waals surface area contributed by atoms with E-state index in [4.69, 9.17) is 4.74 Å². The van der Waals surface area contributed by atoms with Gasteiger partial charge < -0.3 is 10.1 Å². The van der Waals surface area contributed by atoms with Gasteiger partial charge in [0, 0.05) is 23.6 Å². The molecular weight excluding hydrogens is 316 g/mol. The van der Waals surface area contributed by atoms with E-state index in [1.165, 1.54) is 12.7 Å².